The molecule has 0 aliphatic carbocycles. The van der Waals surface area contributed by atoms with Crippen molar-refractivity contribution in [3.63, 3.8) is 0 Å². The number of benzene rings is 1. The summed E-state index contributed by atoms with van der Waals surface area (Å²) < 4.78 is 0. The highest BCUT2D eigenvalue weighted by atomic mass is 16.4. The number of hydrogen-bond donors (Lipinski definition) is 2. The number of carbonyl (C=O) groups is 1. The monoisotopic (exact) mass is 235 g/mol. The zero-order valence-corrected chi connectivity index (χ0v) is 10.1. The Morgan fingerprint density at radius 1 is 1.53 bits per heavy atom. The minimum absolute atomic E-state index is 0.0594. The number of aromatic hydroxyl groups is 1. The summed E-state index contributed by atoms with van der Waals surface area (Å²) in [7, 11) is 0. The first-order valence-corrected chi connectivity index (χ1v) is 5.81. The first kappa shape index (κ1) is 11.8. The average molecular weight is 235 g/mol. The Balaban J connectivity index is 2.37. The van der Waals surface area contributed by atoms with Gasteiger partial charge in [-0.25, -0.2) is 0 Å². The first-order valence-electron chi connectivity index (χ1n) is 5.81. The van der Waals surface area contributed by atoms with Crippen molar-refractivity contribution in [3.8, 4) is 5.75 Å². The van der Waals surface area contributed by atoms with Crippen LogP contribution < -0.4 is 4.90 Å². The van der Waals surface area contributed by atoms with Crippen LogP contribution in [0.5, 0.6) is 5.75 Å². The second-order valence-corrected chi connectivity index (χ2v) is 4.73. The Morgan fingerprint density at radius 3 is 2.82 bits per heavy atom. The maximum atomic E-state index is 10.9. The van der Waals surface area contributed by atoms with Crippen molar-refractivity contribution in [1.82, 2.24) is 0 Å². The van der Waals surface area contributed by atoms with Crippen LogP contribution in [0.1, 0.15) is 25.8 Å². The van der Waals surface area contributed by atoms with Gasteiger partial charge in [-0.2, -0.15) is 0 Å². The third kappa shape index (κ3) is 2.07. The largest absolute Gasteiger partial charge is 0.508 e. The maximum Gasteiger partial charge on any atom is 0.305 e. The van der Waals surface area contributed by atoms with Gasteiger partial charge in [0.2, 0.25) is 0 Å². The summed E-state index contributed by atoms with van der Waals surface area (Å²) in [6, 6.07) is 5.56. The predicted octanol–water partition coefficient (Wildman–Crippen LogP) is 2.01. The number of fused-ring (bicyclic) bond motifs is 1. The molecule has 0 aromatic heterocycles. The van der Waals surface area contributed by atoms with E-state index in [0.29, 0.717) is 6.42 Å². The topological polar surface area (TPSA) is 60.8 Å². The second kappa shape index (κ2) is 4.28. The Kier molecular flexibility index (Phi) is 2.96. The molecule has 1 unspecified atom stereocenters. The lowest BCUT2D eigenvalue weighted by Crippen LogP contribution is -2.39. The van der Waals surface area contributed by atoms with Crippen molar-refractivity contribution in [1.29, 1.82) is 0 Å². The van der Waals surface area contributed by atoms with E-state index in [4.69, 9.17) is 5.11 Å². The minimum atomic E-state index is -0.798. The van der Waals surface area contributed by atoms with Gasteiger partial charge in [-0.05, 0) is 32.4 Å². The van der Waals surface area contributed by atoms with E-state index in [2.05, 4.69) is 4.90 Å². The standard InChI is InChI=1S/C13H17NO3/c1-8(2)14-9(7-13(16)17)6-10-11(14)4-3-5-12(10)15/h3-5,8-9,15H,6-7H2,1-2H3,(H,16,17). The Hall–Kier alpha value is -1.71. The normalized spacial score (nSPS) is 18.5. The summed E-state index contributed by atoms with van der Waals surface area (Å²) in [5, 5.41) is 18.7. The van der Waals surface area contributed by atoms with E-state index < -0.39 is 5.97 Å². The molecule has 1 heterocycles. The summed E-state index contributed by atoms with van der Waals surface area (Å²) in [5.41, 5.74) is 1.83. The molecule has 1 aromatic carbocycles. The van der Waals surface area contributed by atoms with Gasteiger partial charge in [-0.15, -0.1) is 0 Å². The molecule has 0 amide bonds. The summed E-state index contributed by atoms with van der Waals surface area (Å²) in [6.07, 6.45) is 0.707. The lowest BCUT2D eigenvalue weighted by molar-refractivity contribution is -0.137. The molecule has 1 aromatic rings. The molecule has 4 heteroatoms. The zero-order chi connectivity index (χ0) is 12.6. The van der Waals surface area contributed by atoms with Gasteiger partial charge in [0.05, 0.1) is 6.42 Å². The van der Waals surface area contributed by atoms with Crippen LogP contribution in [0.4, 0.5) is 5.69 Å². The van der Waals surface area contributed by atoms with Crippen LogP contribution in [-0.4, -0.2) is 28.3 Å². The van der Waals surface area contributed by atoms with E-state index in [9.17, 15) is 9.90 Å². The van der Waals surface area contributed by atoms with Crippen LogP contribution in [0.2, 0.25) is 0 Å². The number of phenolic OH excluding ortho intramolecular Hbond substituents is 1. The molecule has 0 saturated carbocycles. The SMILES string of the molecule is CC(C)N1c2cccc(O)c2CC1CC(=O)O. The number of aliphatic carboxylic acids is 1. The van der Waals surface area contributed by atoms with Gasteiger partial charge in [-0.1, -0.05) is 6.07 Å². The van der Waals surface area contributed by atoms with Crippen LogP contribution in [0.25, 0.3) is 0 Å². The molecule has 0 radical (unpaired) electrons. The number of carboxylic acid groups (broad SMARTS) is 1. The summed E-state index contributed by atoms with van der Waals surface area (Å²) in [5.74, 6) is -0.533. The Morgan fingerprint density at radius 2 is 2.24 bits per heavy atom. The minimum Gasteiger partial charge on any atom is -0.508 e. The van der Waals surface area contributed by atoms with Crippen molar-refractivity contribution in [3.05, 3.63) is 23.8 Å². The van der Waals surface area contributed by atoms with Gasteiger partial charge in [0.25, 0.3) is 0 Å². The first-order chi connectivity index (χ1) is 8.00. The molecule has 1 aliphatic heterocycles. The fraction of sp³-hybridized carbons (Fsp3) is 0.462. The number of rotatable bonds is 3. The second-order valence-electron chi connectivity index (χ2n) is 4.73. The highest BCUT2D eigenvalue weighted by Crippen LogP contribution is 2.39. The molecule has 17 heavy (non-hydrogen) atoms. The van der Waals surface area contributed by atoms with Crippen LogP contribution >= 0.6 is 0 Å². The van der Waals surface area contributed by atoms with Crippen molar-refractivity contribution in [2.45, 2.75) is 38.8 Å². The van der Waals surface area contributed by atoms with Crippen LogP contribution in [0, 0.1) is 0 Å². The summed E-state index contributed by atoms with van der Waals surface area (Å²) in [4.78, 5) is 13.0. The number of carboxylic acids is 1. The molecule has 0 saturated heterocycles. The molecule has 1 aliphatic rings. The molecular weight excluding hydrogens is 218 g/mol. The molecular formula is C13H17NO3. The number of anilines is 1. The van der Waals surface area contributed by atoms with Crippen molar-refractivity contribution < 1.29 is 15.0 Å². The summed E-state index contributed by atoms with van der Waals surface area (Å²) >= 11 is 0. The molecule has 0 bridgehead atoms. The lowest BCUT2D eigenvalue weighted by atomic mass is 10.1. The van der Waals surface area contributed by atoms with Crippen LogP contribution in [0.15, 0.2) is 18.2 Å². The maximum absolute atomic E-state index is 10.9. The Labute approximate surface area is 100 Å². The molecule has 1 atom stereocenters. The van der Waals surface area contributed by atoms with Crippen molar-refractivity contribution in [2.75, 3.05) is 4.90 Å². The zero-order valence-electron chi connectivity index (χ0n) is 10.1. The number of phenols is 1. The van der Waals surface area contributed by atoms with E-state index in [1.807, 2.05) is 19.9 Å². The van der Waals surface area contributed by atoms with E-state index in [0.717, 1.165) is 11.3 Å². The average Bonchev–Trinajstić information content (AvgIpc) is 2.56. The van der Waals surface area contributed by atoms with Gasteiger partial charge in [0.15, 0.2) is 0 Å². The number of hydrogen-bond acceptors (Lipinski definition) is 3. The predicted molar refractivity (Wildman–Crippen MR) is 65.5 cm³/mol. The fourth-order valence-corrected chi connectivity index (χ4v) is 2.62. The molecule has 2 N–H and O–H groups in total. The van der Waals surface area contributed by atoms with E-state index in [1.165, 1.54) is 0 Å². The smallest absolute Gasteiger partial charge is 0.305 e. The Bertz CT molecular complexity index is 442. The van der Waals surface area contributed by atoms with E-state index in [-0.39, 0.29) is 24.3 Å². The molecule has 0 spiro atoms. The van der Waals surface area contributed by atoms with Crippen LogP contribution in [-0.2, 0) is 11.2 Å². The van der Waals surface area contributed by atoms with E-state index >= 15 is 0 Å². The summed E-state index contributed by atoms with van der Waals surface area (Å²) in [6.45, 7) is 4.07. The van der Waals surface area contributed by atoms with Gasteiger partial charge >= 0.3 is 5.97 Å². The highest BCUT2D eigenvalue weighted by molar-refractivity contribution is 5.72. The van der Waals surface area contributed by atoms with Gasteiger partial charge in [-0.3, -0.25) is 4.79 Å². The molecule has 4 nitrogen and oxygen atoms in total. The third-order valence-electron chi connectivity index (χ3n) is 3.20. The molecule has 2 rings (SSSR count). The fourth-order valence-electron chi connectivity index (χ4n) is 2.62. The molecule has 92 valence electrons. The van der Waals surface area contributed by atoms with Crippen LogP contribution in [0.3, 0.4) is 0 Å². The third-order valence-corrected chi connectivity index (χ3v) is 3.20. The van der Waals surface area contributed by atoms with Gasteiger partial charge < -0.3 is 15.1 Å². The number of nitrogens with zero attached hydrogens (tertiary/aromatic N) is 1. The highest BCUT2D eigenvalue weighted by Gasteiger charge is 2.33. The van der Waals surface area contributed by atoms with Crippen molar-refractivity contribution in [2.24, 2.45) is 0 Å². The van der Waals surface area contributed by atoms with E-state index in [1.54, 1.807) is 12.1 Å². The van der Waals surface area contributed by atoms with Crippen molar-refractivity contribution >= 4 is 11.7 Å². The molecule has 0 fully saturated rings. The quantitative estimate of drug-likeness (QED) is 0.841. The lowest BCUT2D eigenvalue weighted by Gasteiger charge is -2.30. The van der Waals surface area contributed by atoms with Gasteiger partial charge in [0.1, 0.15) is 5.75 Å². The van der Waals surface area contributed by atoms with Gasteiger partial charge in [0, 0.05) is 23.3 Å².